The Morgan fingerprint density at radius 3 is 3.08 bits per heavy atom. The highest BCUT2D eigenvalue weighted by molar-refractivity contribution is 6.22. The van der Waals surface area contributed by atoms with Gasteiger partial charge in [-0.05, 0) is 13.8 Å². The zero-order valence-electron chi connectivity index (χ0n) is 6.96. The van der Waals surface area contributed by atoms with Crippen molar-refractivity contribution in [2.75, 3.05) is 0 Å². The van der Waals surface area contributed by atoms with Crippen LogP contribution >= 0.6 is 0 Å². The molecule has 0 aliphatic carbocycles. The molecule has 1 atom stereocenters. The van der Waals surface area contributed by atoms with Gasteiger partial charge in [0.1, 0.15) is 23.1 Å². The van der Waals surface area contributed by atoms with Crippen molar-refractivity contribution in [3.05, 3.63) is 11.3 Å². The molecule has 2 rings (SSSR count). The molecule has 64 valence electrons. The smallest absolute Gasteiger partial charge is 0.371 e. The van der Waals surface area contributed by atoms with Gasteiger partial charge in [-0.25, -0.2) is 4.79 Å². The lowest BCUT2D eigenvalue weighted by atomic mass is 10.0. The minimum absolute atomic E-state index is 0.0852. The second kappa shape index (κ2) is 2.33. The maximum atomic E-state index is 11.1. The Bertz CT molecular complexity index is 303. The van der Waals surface area contributed by atoms with Crippen molar-refractivity contribution in [3.8, 4) is 0 Å². The molecule has 4 heteroatoms. The van der Waals surface area contributed by atoms with Gasteiger partial charge in [-0.2, -0.15) is 0 Å². The van der Waals surface area contributed by atoms with Gasteiger partial charge in [-0.1, -0.05) is 5.16 Å². The summed E-state index contributed by atoms with van der Waals surface area (Å²) in [7, 11) is 0. The minimum Gasteiger partial charge on any atom is -0.494 e. The third-order valence-electron chi connectivity index (χ3n) is 1.94. The summed E-state index contributed by atoms with van der Waals surface area (Å²) in [4.78, 5) is 15.6. The van der Waals surface area contributed by atoms with E-state index in [0.29, 0.717) is 17.8 Å². The Morgan fingerprint density at radius 2 is 2.33 bits per heavy atom. The molecule has 2 aliphatic heterocycles. The number of hydrogen-bond acceptors (Lipinski definition) is 4. The third-order valence-corrected chi connectivity index (χ3v) is 1.94. The summed E-state index contributed by atoms with van der Waals surface area (Å²) in [5.74, 6) is 0.226. The van der Waals surface area contributed by atoms with Crippen LogP contribution in [-0.4, -0.2) is 17.8 Å². The first kappa shape index (κ1) is 7.34. The van der Waals surface area contributed by atoms with Crippen molar-refractivity contribution in [1.82, 2.24) is 0 Å². The van der Waals surface area contributed by atoms with Crippen LogP contribution < -0.4 is 0 Å². The first-order valence-electron chi connectivity index (χ1n) is 3.84. The maximum Gasteiger partial charge on any atom is 0.371 e. The normalized spacial score (nSPS) is 27.7. The van der Waals surface area contributed by atoms with Crippen LogP contribution in [0.3, 0.4) is 0 Å². The molecule has 0 aromatic carbocycles. The summed E-state index contributed by atoms with van der Waals surface area (Å²) in [6.45, 7) is 3.69. The van der Waals surface area contributed by atoms with Crippen molar-refractivity contribution in [1.29, 1.82) is 0 Å². The van der Waals surface area contributed by atoms with Crippen molar-refractivity contribution in [2.24, 2.45) is 5.16 Å². The van der Waals surface area contributed by atoms with Gasteiger partial charge in [0.15, 0.2) is 0 Å². The fourth-order valence-electron chi connectivity index (χ4n) is 1.47. The fraction of sp³-hybridized carbons (Fsp3) is 0.500. The molecule has 0 fully saturated rings. The molecule has 2 aliphatic rings. The van der Waals surface area contributed by atoms with Gasteiger partial charge in [0.05, 0.1) is 0 Å². The summed E-state index contributed by atoms with van der Waals surface area (Å²) in [5, 5.41) is 3.67. The molecule has 0 saturated heterocycles. The topological polar surface area (TPSA) is 47.9 Å². The molecular formula is C8H9NO3. The molecule has 0 radical (unpaired) electrons. The van der Waals surface area contributed by atoms with Gasteiger partial charge in [0.25, 0.3) is 0 Å². The summed E-state index contributed by atoms with van der Waals surface area (Å²) < 4.78 is 5.37. The molecule has 2 heterocycles. The minimum atomic E-state index is -0.394. The Morgan fingerprint density at radius 1 is 1.58 bits per heavy atom. The Kier molecular flexibility index (Phi) is 1.43. The SMILES string of the molecule is CC1=C2C(=O)ON=C2CC(C)O1. The second-order valence-electron chi connectivity index (χ2n) is 2.98. The number of rotatable bonds is 0. The van der Waals surface area contributed by atoms with E-state index in [1.165, 1.54) is 0 Å². The second-order valence-corrected chi connectivity index (χ2v) is 2.98. The molecule has 1 unspecified atom stereocenters. The van der Waals surface area contributed by atoms with Crippen LogP contribution in [0, 0.1) is 0 Å². The largest absolute Gasteiger partial charge is 0.494 e. The van der Waals surface area contributed by atoms with E-state index < -0.39 is 5.97 Å². The summed E-state index contributed by atoms with van der Waals surface area (Å²) in [6, 6.07) is 0. The number of ether oxygens (including phenoxy) is 1. The van der Waals surface area contributed by atoms with Crippen molar-refractivity contribution >= 4 is 11.7 Å². The highest BCUT2D eigenvalue weighted by Crippen LogP contribution is 2.26. The average Bonchev–Trinajstić information content (AvgIpc) is 2.31. The van der Waals surface area contributed by atoms with E-state index in [1.807, 2.05) is 6.92 Å². The zero-order chi connectivity index (χ0) is 8.72. The lowest BCUT2D eigenvalue weighted by Crippen LogP contribution is -2.23. The summed E-state index contributed by atoms with van der Waals surface area (Å²) in [6.07, 6.45) is 0.736. The van der Waals surface area contributed by atoms with E-state index in [9.17, 15) is 4.79 Å². The van der Waals surface area contributed by atoms with Crippen LogP contribution in [0.2, 0.25) is 0 Å². The molecule has 0 amide bonds. The van der Waals surface area contributed by atoms with E-state index in [-0.39, 0.29) is 6.10 Å². The maximum absolute atomic E-state index is 11.1. The summed E-state index contributed by atoms with van der Waals surface area (Å²) >= 11 is 0. The van der Waals surface area contributed by atoms with Crippen LogP contribution in [0.25, 0.3) is 0 Å². The number of nitrogens with zero attached hydrogens (tertiary/aromatic N) is 1. The van der Waals surface area contributed by atoms with Crippen LogP contribution in [-0.2, 0) is 14.4 Å². The monoisotopic (exact) mass is 167 g/mol. The predicted molar refractivity (Wildman–Crippen MR) is 41.4 cm³/mol. The number of carbonyl (C=O) groups excluding carboxylic acids is 1. The van der Waals surface area contributed by atoms with Gasteiger partial charge < -0.3 is 9.57 Å². The molecule has 4 nitrogen and oxygen atoms in total. The molecule has 0 aromatic heterocycles. The highest BCUT2D eigenvalue weighted by atomic mass is 16.7. The van der Waals surface area contributed by atoms with Crippen molar-refractivity contribution in [2.45, 2.75) is 26.4 Å². The Balaban J connectivity index is 2.43. The fourth-order valence-corrected chi connectivity index (χ4v) is 1.47. The zero-order valence-corrected chi connectivity index (χ0v) is 6.96. The first-order chi connectivity index (χ1) is 5.68. The first-order valence-corrected chi connectivity index (χ1v) is 3.84. The van der Waals surface area contributed by atoms with Crippen LogP contribution in [0.15, 0.2) is 16.5 Å². The molecule has 12 heavy (non-hydrogen) atoms. The molecule has 0 saturated carbocycles. The third kappa shape index (κ3) is 0.913. The van der Waals surface area contributed by atoms with Gasteiger partial charge in [0.2, 0.25) is 0 Å². The van der Waals surface area contributed by atoms with E-state index >= 15 is 0 Å². The predicted octanol–water partition coefficient (Wildman–Crippen LogP) is 0.982. The average molecular weight is 167 g/mol. The number of allylic oxidation sites excluding steroid dienone is 1. The van der Waals surface area contributed by atoms with E-state index in [2.05, 4.69) is 9.99 Å². The van der Waals surface area contributed by atoms with Crippen LogP contribution in [0.1, 0.15) is 20.3 Å². The lowest BCUT2D eigenvalue weighted by molar-refractivity contribution is -0.137. The van der Waals surface area contributed by atoms with Crippen LogP contribution in [0.5, 0.6) is 0 Å². The molecule has 0 N–H and O–H groups in total. The standard InChI is InChI=1S/C8H9NO3/c1-4-3-6-7(5(2)11-4)8(10)12-9-6/h4H,3H2,1-2H3. The highest BCUT2D eigenvalue weighted by Gasteiger charge is 2.33. The molecule has 0 spiro atoms. The van der Waals surface area contributed by atoms with Gasteiger partial charge in [0, 0.05) is 6.42 Å². The number of fused-ring (bicyclic) bond motifs is 1. The van der Waals surface area contributed by atoms with Gasteiger partial charge >= 0.3 is 5.97 Å². The van der Waals surface area contributed by atoms with Crippen molar-refractivity contribution < 1.29 is 14.4 Å². The lowest BCUT2D eigenvalue weighted by Gasteiger charge is -2.20. The Hall–Kier alpha value is -1.32. The molecule has 0 aromatic rings. The quantitative estimate of drug-likeness (QED) is 0.505. The van der Waals surface area contributed by atoms with E-state index in [1.54, 1.807) is 6.92 Å². The summed E-state index contributed by atoms with van der Waals surface area (Å²) in [5.41, 5.74) is 1.23. The van der Waals surface area contributed by atoms with Gasteiger partial charge in [-0.3, -0.25) is 0 Å². The van der Waals surface area contributed by atoms with Crippen molar-refractivity contribution in [3.63, 3.8) is 0 Å². The number of oxime groups is 1. The molecular weight excluding hydrogens is 158 g/mol. The van der Waals surface area contributed by atoms with E-state index in [0.717, 1.165) is 5.71 Å². The number of carbonyl (C=O) groups is 1. The van der Waals surface area contributed by atoms with Crippen LogP contribution in [0.4, 0.5) is 0 Å². The number of hydrogen-bond donors (Lipinski definition) is 0. The van der Waals surface area contributed by atoms with Gasteiger partial charge in [-0.15, -0.1) is 0 Å². The molecule has 0 bridgehead atoms. The Labute approximate surface area is 69.8 Å². The van der Waals surface area contributed by atoms with E-state index in [4.69, 9.17) is 4.74 Å².